The molecule has 1 fully saturated rings. The Morgan fingerprint density at radius 3 is 2.64 bits per heavy atom. The maximum Gasteiger partial charge on any atom is 0.270 e. The largest absolute Gasteiger partial charge is 0.386 e. The maximum absolute atomic E-state index is 12.6. The standard InChI is InChI=1S/C26H26ClN3O4S2/c1-26(2,32)20-13-22(29-30-25(20)31)18-8-5-6-15-12-23(35-24(15)18)19(17-7-3-4-9-21(17)27)14-28-36(33,34)16-10-11-16/h3-9,12-13,16,19,28,32H,10-11,14H2,1-2H3,(H,30,31). The number of benzene rings is 2. The molecule has 3 N–H and O–H groups in total. The third-order valence-electron chi connectivity index (χ3n) is 6.38. The zero-order valence-corrected chi connectivity index (χ0v) is 22.2. The van der Waals surface area contributed by atoms with Crippen LogP contribution in [0, 0.1) is 0 Å². The van der Waals surface area contributed by atoms with Gasteiger partial charge < -0.3 is 5.11 Å². The van der Waals surface area contributed by atoms with Gasteiger partial charge in [-0.05, 0) is 55.8 Å². The van der Waals surface area contributed by atoms with E-state index in [1.165, 1.54) is 11.3 Å². The summed E-state index contributed by atoms with van der Waals surface area (Å²) in [5.41, 5.74) is 0.651. The normalized spacial score (nSPS) is 15.3. The van der Waals surface area contributed by atoms with Gasteiger partial charge in [-0.25, -0.2) is 18.2 Å². The van der Waals surface area contributed by atoms with Crippen molar-refractivity contribution in [3.8, 4) is 11.3 Å². The number of nitrogens with zero attached hydrogens (tertiary/aromatic N) is 1. The molecule has 0 amide bonds. The fourth-order valence-corrected chi connectivity index (χ4v) is 7.23. The van der Waals surface area contributed by atoms with E-state index in [0.29, 0.717) is 23.6 Å². The minimum absolute atomic E-state index is 0.199. The van der Waals surface area contributed by atoms with E-state index in [4.69, 9.17) is 11.6 Å². The van der Waals surface area contributed by atoms with Crippen molar-refractivity contribution in [3.63, 3.8) is 0 Å². The van der Waals surface area contributed by atoms with Gasteiger partial charge in [-0.15, -0.1) is 11.3 Å². The lowest BCUT2D eigenvalue weighted by Crippen LogP contribution is -2.31. The van der Waals surface area contributed by atoms with Crippen LogP contribution in [0.15, 0.2) is 59.4 Å². The summed E-state index contributed by atoms with van der Waals surface area (Å²) in [6, 6.07) is 16.9. The Kier molecular flexibility index (Phi) is 6.55. The second-order valence-electron chi connectivity index (χ2n) is 9.59. The number of aromatic nitrogens is 2. The van der Waals surface area contributed by atoms with Crippen molar-refractivity contribution in [2.75, 3.05) is 6.54 Å². The molecule has 1 saturated carbocycles. The van der Waals surface area contributed by atoms with Crippen LogP contribution in [0.4, 0.5) is 0 Å². The molecule has 1 aliphatic rings. The van der Waals surface area contributed by atoms with Crippen LogP contribution in [0.25, 0.3) is 21.3 Å². The number of H-pyrrole nitrogens is 1. The zero-order valence-electron chi connectivity index (χ0n) is 19.8. The lowest BCUT2D eigenvalue weighted by molar-refractivity contribution is 0.0769. The van der Waals surface area contributed by atoms with E-state index in [1.807, 2.05) is 42.5 Å². The zero-order chi connectivity index (χ0) is 25.7. The smallest absolute Gasteiger partial charge is 0.270 e. The second kappa shape index (κ2) is 9.39. The summed E-state index contributed by atoms with van der Waals surface area (Å²) in [7, 11) is -3.37. The molecule has 2 aromatic carbocycles. The Labute approximate surface area is 218 Å². The van der Waals surface area contributed by atoms with Crippen molar-refractivity contribution in [2.45, 2.75) is 43.5 Å². The predicted molar refractivity (Wildman–Crippen MR) is 144 cm³/mol. The monoisotopic (exact) mass is 543 g/mol. The maximum atomic E-state index is 12.6. The molecule has 188 valence electrons. The molecule has 10 heteroatoms. The van der Waals surface area contributed by atoms with Gasteiger partial charge in [0.2, 0.25) is 10.0 Å². The Morgan fingerprint density at radius 2 is 1.94 bits per heavy atom. The SMILES string of the molecule is CC(C)(O)c1cc(-c2cccc3cc(C(CNS(=O)(=O)C4CC4)c4ccccc4Cl)sc23)n[nH]c1=O. The van der Waals surface area contributed by atoms with Gasteiger partial charge in [0, 0.05) is 32.6 Å². The van der Waals surface area contributed by atoms with Gasteiger partial charge in [0.05, 0.1) is 22.1 Å². The van der Waals surface area contributed by atoms with Gasteiger partial charge in [0.25, 0.3) is 5.56 Å². The van der Waals surface area contributed by atoms with Crippen LogP contribution in [0.3, 0.4) is 0 Å². The molecular weight excluding hydrogens is 518 g/mol. The van der Waals surface area contributed by atoms with Crippen LogP contribution < -0.4 is 10.3 Å². The Hall–Kier alpha value is -2.56. The highest BCUT2D eigenvalue weighted by Crippen LogP contribution is 2.41. The fraction of sp³-hybridized carbons (Fsp3) is 0.308. The van der Waals surface area contributed by atoms with E-state index in [2.05, 4.69) is 14.9 Å². The number of aliphatic hydroxyl groups is 1. The fourth-order valence-electron chi connectivity index (χ4n) is 4.27. The topological polar surface area (TPSA) is 112 Å². The Morgan fingerprint density at radius 1 is 1.19 bits per heavy atom. The molecule has 0 radical (unpaired) electrons. The highest BCUT2D eigenvalue weighted by atomic mass is 35.5. The van der Waals surface area contributed by atoms with Gasteiger partial charge >= 0.3 is 0 Å². The van der Waals surface area contributed by atoms with Crippen LogP contribution in [0.1, 0.15) is 48.6 Å². The quantitative estimate of drug-likeness (QED) is 0.297. The lowest BCUT2D eigenvalue weighted by Gasteiger charge is -2.18. The molecule has 0 bridgehead atoms. The first kappa shape index (κ1) is 25.1. The van der Waals surface area contributed by atoms with Crippen LogP contribution in [-0.2, 0) is 15.6 Å². The number of nitrogens with one attached hydrogen (secondary N) is 2. The summed E-state index contributed by atoms with van der Waals surface area (Å²) in [4.78, 5) is 13.2. The molecule has 36 heavy (non-hydrogen) atoms. The van der Waals surface area contributed by atoms with Crippen LogP contribution in [0.2, 0.25) is 5.02 Å². The van der Waals surface area contributed by atoms with E-state index < -0.39 is 21.2 Å². The average molecular weight is 544 g/mol. The van der Waals surface area contributed by atoms with Crippen LogP contribution >= 0.6 is 22.9 Å². The molecule has 1 atom stereocenters. The third-order valence-corrected chi connectivity index (χ3v) is 9.94. The van der Waals surface area contributed by atoms with Crippen molar-refractivity contribution < 1.29 is 13.5 Å². The van der Waals surface area contributed by atoms with Crippen molar-refractivity contribution >= 4 is 43.0 Å². The first-order valence-corrected chi connectivity index (χ1v) is 14.4. The number of aromatic amines is 1. The van der Waals surface area contributed by atoms with E-state index in [9.17, 15) is 18.3 Å². The van der Waals surface area contributed by atoms with E-state index in [1.54, 1.807) is 26.0 Å². The summed E-state index contributed by atoms with van der Waals surface area (Å²) in [6.07, 6.45) is 1.38. The highest BCUT2D eigenvalue weighted by molar-refractivity contribution is 7.90. The molecule has 1 aliphatic carbocycles. The molecule has 2 aromatic heterocycles. The summed E-state index contributed by atoms with van der Waals surface area (Å²) < 4.78 is 28.9. The second-order valence-corrected chi connectivity index (χ2v) is 13.1. The number of halogens is 1. The number of thiophene rings is 1. The number of fused-ring (bicyclic) bond motifs is 1. The molecule has 5 rings (SSSR count). The summed E-state index contributed by atoms with van der Waals surface area (Å²) in [5.74, 6) is -0.284. The minimum Gasteiger partial charge on any atom is -0.386 e. The molecule has 0 saturated heterocycles. The van der Waals surface area contributed by atoms with Crippen molar-refractivity contribution in [3.05, 3.63) is 86.0 Å². The predicted octanol–water partition coefficient (Wildman–Crippen LogP) is 4.75. The van der Waals surface area contributed by atoms with Crippen molar-refractivity contribution in [1.82, 2.24) is 14.9 Å². The number of hydrogen-bond acceptors (Lipinski definition) is 6. The molecular formula is C26H26ClN3O4S2. The van der Waals surface area contributed by atoms with Gasteiger partial charge in [-0.2, -0.15) is 5.10 Å². The average Bonchev–Trinajstić information content (AvgIpc) is 3.60. The Balaban J connectivity index is 1.60. The van der Waals surface area contributed by atoms with Crippen LogP contribution in [-0.4, -0.2) is 35.5 Å². The molecule has 2 heterocycles. The van der Waals surface area contributed by atoms with Gasteiger partial charge in [0.1, 0.15) is 0 Å². The highest BCUT2D eigenvalue weighted by Gasteiger charge is 2.36. The summed E-state index contributed by atoms with van der Waals surface area (Å²) >= 11 is 8.09. The summed E-state index contributed by atoms with van der Waals surface area (Å²) in [6.45, 7) is 3.31. The van der Waals surface area contributed by atoms with E-state index >= 15 is 0 Å². The van der Waals surface area contributed by atoms with E-state index in [-0.39, 0.29) is 23.3 Å². The number of sulfonamides is 1. The lowest BCUT2D eigenvalue weighted by atomic mass is 9.96. The van der Waals surface area contributed by atoms with Gasteiger partial charge in [-0.1, -0.05) is 48.0 Å². The number of rotatable bonds is 8. The molecule has 0 aliphatic heterocycles. The van der Waals surface area contributed by atoms with Gasteiger partial charge in [-0.3, -0.25) is 4.79 Å². The molecule has 4 aromatic rings. The summed E-state index contributed by atoms with van der Waals surface area (Å²) in [5, 5.41) is 18.4. The minimum atomic E-state index is -3.37. The van der Waals surface area contributed by atoms with Gasteiger partial charge in [0.15, 0.2) is 0 Å². The van der Waals surface area contributed by atoms with E-state index in [0.717, 1.165) is 26.1 Å². The van der Waals surface area contributed by atoms with Crippen LogP contribution in [0.5, 0.6) is 0 Å². The number of hydrogen-bond donors (Lipinski definition) is 3. The Bertz CT molecular complexity index is 1600. The van der Waals surface area contributed by atoms with Crippen molar-refractivity contribution in [2.24, 2.45) is 0 Å². The first-order valence-electron chi connectivity index (χ1n) is 11.6. The molecule has 1 unspecified atom stereocenters. The first-order chi connectivity index (χ1) is 17.0. The van der Waals surface area contributed by atoms with Crippen molar-refractivity contribution in [1.29, 1.82) is 0 Å². The molecule has 7 nitrogen and oxygen atoms in total. The third kappa shape index (κ3) is 4.99. The molecule has 0 spiro atoms.